The molecule has 1 aromatic rings. The molecule has 2 rings (SSSR count). The molecule has 0 radical (unpaired) electrons. The van der Waals surface area contributed by atoms with Crippen LogP contribution in [0.2, 0.25) is 0 Å². The molecule has 0 saturated carbocycles. The third-order valence-corrected chi connectivity index (χ3v) is 4.41. The zero-order valence-electron chi connectivity index (χ0n) is 11.9. The zero-order chi connectivity index (χ0) is 13.1. The van der Waals surface area contributed by atoms with Crippen LogP contribution in [0.3, 0.4) is 0 Å². The van der Waals surface area contributed by atoms with E-state index in [1.165, 1.54) is 26.1 Å². The molecular formula is C13H24N4S. The number of rotatable bonds is 5. The lowest BCUT2D eigenvalue weighted by atomic mass is 10.1. The van der Waals surface area contributed by atoms with Gasteiger partial charge in [0.15, 0.2) is 0 Å². The molecule has 0 spiro atoms. The minimum absolute atomic E-state index is 0.686. The summed E-state index contributed by atoms with van der Waals surface area (Å²) in [5.41, 5.74) is 0. The highest BCUT2D eigenvalue weighted by Crippen LogP contribution is 2.20. The third-order valence-electron chi connectivity index (χ3n) is 3.59. The van der Waals surface area contributed by atoms with Gasteiger partial charge in [-0.2, -0.15) is 0 Å². The Bertz CT molecular complexity index is 377. The fourth-order valence-corrected chi connectivity index (χ4v) is 3.41. The monoisotopic (exact) mass is 268 g/mol. The first kappa shape index (κ1) is 13.9. The van der Waals surface area contributed by atoms with Gasteiger partial charge >= 0.3 is 0 Å². The maximum absolute atomic E-state index is 4.19. The summed E-state index contributed by atoms with van der Waals surface area (Å²) in [5, 5.41) is 10.5. The van der Waals surface area contributed by atoms with E-state index >= 15 is 0 Å². The highest BCUT2D eigenvalue weighted by atomic mass is 32.1. The molecule has 0 aromatic carbocycles. The van der Waals surface area contributed by atoms with E-state index in [1.54, 1.807) is 11.3 Å². The van der Waals surface area contributed by atoms with E-state index in [-0.39, 0.29) is 0 Å². The van der Waals surface area contributed by atoms with Crippen molar-refractivity contribution in [2.24, 2.45) is 5.92 Å². The van der Waals surface area contributed by atoms with Gasteiger partial charge in [0.25, 0.3) is 0 Å². The van der Waals surface area contributed by atoms with Gasteiger partial charge in [0, 0.05) is 19.1 Å². The van der Waals surface area contributed by atoms with Crippen LogP contribution in [0.15, 0.2) is 0 Å². The van der Waals surface area contributed by atoms with Crippen LogP contribution in [0.25, 0.3) is 0 Å². The molecule has 4 nitrogen and oxygen atoms in total. The summed E-state index contributed by atoms with van der Waals surface area (Å²) in [6, 6.07) is 0.686. The Morgan fingerprint density at radius 2 is 2.22 bits per heavy atom. The lowest BCUT2D eigenvalue weighted by Crippen LogP contribution is -2.31. The van der Waals surface area contributed by atoms with Crippen LogP contribution >= 0.6 is 11.3 Å². The number of nitrogens with zero attached hydrogens (tertiary/aromatic N) is 4. The van der Waals surface area contributed by atoms with Crippen molar-refractivity contribution in [1.82, 2.24) is 20.0 Å². The molecule has 1 aliphatic rings. The molecule has 18 heavy (non-hydrogen) atoms. The molecule has 0 bridgehead atoms. The van der Waals surface area contributed by atoms with Crippen LogP contribution in [0, 0.1) is 12.8 Å². The molecular weight excluding hydrogens is 244 g/mol. The standard InChI is InChI=1S/C13H24N4S/c1-10(2)17-6-5-12(8-17)7-16(4)9-13-15-14-11(3)18-13/h10,12H,5-9H2,1-4H3/t12-/m1/s1. The predicted molar refractivity (Wildman–Crippen MR) is 75.8 cm³/mol. The molecule has 2 heterocycles. The second-order valence-corrected chi connectivity index (χ2v) is 6.92. The van der Waals surface area contributed by atoms with Crippen molar-refractivity contribution in [3.05, 3.63) is 10.0 Å². The van der Waals surface area contributed by atoms with Gasteiger partial charge < -0.3 is 4.90 Å². The van der Waals surface area contributed by atoms with Gasteiger partial charge in [0.05, 0.1) is 6.54 Å². The first-order valence-electron chi connectivity index (χ1n) is 6.76. The van der Waals surface area contributed by atoms with E-state index in [9.17, 15) is 0 Å². The molecule has 0 aliphatic carbocycles. The van der Waals surface area contributed by atoms with Crippen LogP contribution in [0.4, 0.5) is 0 Å². The Hall–Kier alpha value is -0.520. The number of hydrogen-bond donors (Lipinski definition) is 0. The van der Waals surface area contributed by atoms with Gasteiger partial charge in [-0.15, -0.1) is 21.5 Å². The highest BCUT2D eigenvalue weighted by molar-refractivity contribution is 7.11. The van der Waals surface area contributed by atoms with Crippen LogP contribution in [0.1, 0.15) is 30.3 Å². The molecule has 1 atom stereocenters. The lowest BCUT2D eigenvalue weighted by Gasteiger charge is -2.22. The summed E-state index contributed by atoms with van der Waals surface area (Å²) in [7, 11) is 2.19. The zero-order valence-corrected chi connectivity index (χ0v) is 12.7. The first-order chi connectivity index (χ1) is 8.54. The summed E-state index contributed by atoms with van der Waals surface area (Å²) in [4.78, 5) is 4.96. The summed E-state index contributed by atoms with van der Waals surface area (Å²) in [6.07, 6.45) is 1.33. The number of likely N-dealkylation sites (tertiary alicyclic amines) is 1. The van der Waals surface area contributed by atoms with Crippen molar-refractivity contribution in [2.45, 2.75) is 39.8 Å². The van der Waals surface area contributed by atoms with Crippen molar-refractivity contribution in [1.29, 1.82) is 0 Å². The van der Waals surface area contributed by atoms with Gasteiger partial charge in [-0.3, -0.25) is 4.90 Å². The molecule has 0 unspecified atom stereocenters. The summed E-state index contributed by atoms with van der Waals surface area (Å²) >= 11 is 1.71. The maximum Gasteiger partial charge on any atom is 0.131 e. The fraction of sp³-hybridized carbons (Fsp3) is 0.846. The number of aryl methyl sites for hydroxylation is 1. The van der Waals surface area contributed by atoms with Crippen molar-refractivity contribution in [3.8, 4) is 0 Å². The van der Waals surface area contributed by atoms with Crippen molar-refractivity contribution in [2.75, 3.05) is 26.7 Å². The SMILES string of the molecule is Cc1nnc(CN(C)C[C@H]2CCN(C(C)C)C2)s1. The van der Waals surface area contributed by atoms with Gasteiger partial charge in [-0.25, -0.2) is 0 Å². The first-order valence-corrected chi connectivity index (χ1v) is 7.58. The molecule has 1 aliphatic heterocycles. The quantitative estimate of drug-likeness (QED) is 0.818. The van der Waals surface area contributed by atoms with E-state index < -0.39 is 0 Å². The van der Waals surface area contributed by atoms with E-state index in [0.717, 1.165) is 22.5 Å². The Kier molecular flexibility index (Phi) is 4.70. The van der Waals surface area contributed by atoms with Crippen molar-refractivity contribution in [3.63, 3.8) is 0 Å². The van der Waals surface area contributed by atoms with E-state index in [1.807, 2.05) is 6.92 Å². The summed E-state index contributed by atoms with van der Waals surface area (Å²) in [6.45, 7) is 11.2. The maximum atomic E-state index is 4.19. The van der Waals surface area contributed by atoms with Crippen LogP contribution in [0.5, 0.6) is 0 Å². The largest absolute Gasteiger partial charge is 0.301 e. The minimum Gasteiger partial charge on any atom is -0.301 e. The van der Waals surface area contributed by atoms with Gasteiger partial charge in [-0.1, -0.05) is 0 Å². The Labute approximate surface area is 114 Å². The summed E-state index contributed by atoms with van der Waals surface area (Å²) < 4.78 is 0. The van der Waals surface area contributed by atoms with E-state index in [2.05, 4.69) is 40.9 Å². The van der Waals surface area contributed by atoms with E-state index in [4.69, 9.17) is 0 Å². The second kappa shape index (κ2) is 6.08. The van der Waals surface area contributed by atoms with E-state index in [0.29, 0.717) is 6.04 Å². The molecule has 1 saturated heterocycles. The Morgan fingerprint density at radius 3 is 2.78 bits per heavy atom. The second-order valence-electron chi connectivity index (χ2n) is 5.65. The van der Waals surface area contributed by atoms with Crippen LogP contribution < -0.4 is 0 Å². The highest BCUT2D eigenvalue weighted by Gasteiger charge is 2.25. The molecule has 0 amide bonds. The number of hydrogen-bond acceptors (Lipinski definition) is 5. The van der Waals surface area contributed by atoms with Gasteiger partial charge in [-0.05, 0) is 46.7 Å². The van der Waals surface area contributed by atoms with Gasteiger partial charge in [0.1, 0.15) is 10.0 Å². The Balaban J connectivity index is 1.76. The van der Waals surface area contributed by atoms with Crippen LogP contribution in [-0.4, -0.2) is 52.7 Å². The average Bonchev–Trinajstić information content (AvgIpc) is 2.88. The molecule has 0 N–H and O–H groups in total. The van der Waals surface area contributed by atoms with Crippen molar-refractivity contribution >= 4 is 11.3 Å². The fourth-order valence-electron chi connectivity index (χ4n) is 2.62. The molecule has 1 fully saturated rings. The molecule has 1 aromatic heterocycles. The normalized spacial score (nSPS) is 21.3. The molecule has 5 heteroatoms. The minimum atomic E-state index is 0.686. The van der Waals surface area contributed by atoms with Crippen LogP contribution in [-0.2, 0) is 6.54 Å². The summed E-state index contributed by atoms with van der Waals surface area (Å²) in [5.74, 6) is 0.811. The van der Waals surface area contributed by atoms with Crippen molar-refractivity contribution < 1.29 is 0 Å². The smallest absolute Gasteiger partial charge is 0.131 e. The topological polar surface area (TPSA) is 32.3 Å². The Morgan fingerprint density at radius 1 is 1.44 bits per heavy atom. The third kappa shape index (κ3) is 3.73. The number of aromatic nitrogens is 2. The average molecular weight is 268 g/mol. The predicted octanol–water partition coefficient (Wildman–Crippen LogP) is 2.01. The van der Waals surface area contributed by atoms with Gasteiger partial charge in [0.2, 0.25) is 0 Å². The molecule has 102 valence electrons. The lowest BCUT2D eigenvalue weighted by molar-refractivity contribution is 0.235.